The van der Waals surface area contributed by atoms with E-state index in [4.69, 9.17) is 4.42 Å². The number of benzene rings is 1. The zero-order valence-electron chi connectivity index (χ0n) is 14.8. The van der Waals surface area contributed by atoms with Crippen molar-refractivity contribution in [2.45, 2.75) is 37.6 Å². The van der Waals surface area contributed by atoms with Crippen LogP contribution in [0.2, 0.25) is 0 Å². The summed E-state index contributed by atoms with van der Waals surface area (Å²) in [5.74, 6) is 0. The summed E-state index contributed by atoms with van der Waals surface area (Å²) in [7, 11) is -3.57. The summed E-state index contributed by atoms with van der Waals surface area (Å²) in [6.07, 6.45) is 5.86. The van der Waals surface area contributed by atoms with E-state index in [-0.39, 0.29) is 0 Å². The molecule has 0 radical (unpaired) electrons. The van der Waals surface area contributed by atoms with Gasteiger partial charge in [-0.3, -0.25) is 0 Å². The molecule has 3 aromatic rings. The van der Waals surface area contributed by atoms with E-state index in [0.29, 0.717) is 24.4 Å². The summed E-state index contributed by atoms with van der Waals surface area (Å²) < 4.78 is 33.0. The predicted octanol–water partition coefficient (Wildman–Crippen LogP) is 4.73. The predicted molar refractivity (Wildman–Crippen MR) is 105 cm³/mol. The Morgan fingerprint density at radius 2 is 1.85 bits per heavy atom. The van der Waals surface area contributed by atoms with Crippen LogP contribution in [0.25, 0.3) is 0 Å². The van der Waals surface area contributed by atoms with Gasteiger partial charge in [-0.05, 0) is 48.1 Å². The van der Waals surface area contributed by atoms with E-state index in [1.807, 2.05) is 29.6 Å². The van der Waals surface area contributed by atoms with Gasteiger partial charge < -0.3 is 4.42 Å². The van der Waals surface area contributed by atoms with Gasteiger partial charge in [0.05, 0.1) is 17.4 Å². The van der Waals surface area contributed by atoms with Crippen LogP contribution in [0.5, 0.6) is 0 Å². The van der Waals surface area contributed by atoms with E-state index >= 15 is 0 Å². The van der Waals surface area contributed by atoms with E-state index < -0.39 is 10.0 Å². The summed E-state index contributed by atoms with van der Waals surface area (Å²) in [6, 6.07) is 13.1. The minimum atomic E-state index is -3.57. The minimum absolute atomic E-state index is 0.306. The van der Waals surface area contributed by atoms with Crippen LogP contribution in [0.1, 0.15) is 29.3 Å². The van der Waals surface area contributed by atoms with Gasteiger partial charge in [-0.1, -0.05) is 31.5 Å². The van der Waals surface area contributed by atoms with Crippen LogP contribution in [0.4, 0.5) is 0 Å². The Hall–Kier alpha value is -1.89. The molecule has 0 unspecified atom stereocenters. The first kappa shape index (κ1) is 18.9. The third-order valence-electron chi connectivity index (χ3n) is 4.23. The molecule has 0 bridgehead atoms. The number of aryl methyl sites for hydroxylation is 1. The lowest BCUT2D eigenvalue weighted by Crippen LogP contribution is -2.32. The van der Waals surface area contributed by atoms with E-state index in [0.717, 1.165) is 24.0 Å². The van der Waals surface area contributed by atoms with Crippen LogP contribution in [-0.4, -0.2) is 19.3 Å². The van der Waals surface area contributed by atoms with Gasteiger partial charge in [0.2, 0.25) is 10.0 Å². The van der Waals surface area contributed by atoms with E-state index in [1.54, 1.807) is 42.1 Å². The summed E-state index contributed by atoms with van der Waals surface area (Å²) in [6.45, 7) is 2.85. The SMILES string of the molecule is CCCc1ccc(S(=O)(=O)N(CCc2cccs2)Cc2ccoc2)cc1. The molecule has 0 spiro atoms. The van der Waals surface area contributed by atoms with Crippen molar-refractivity contribution >= 4 is 21.4 Å². The maximum absolute atomic E-state index is 13.2. The molecule has 3 rings (SSSR count). The Morgan fingerprint density at radius 1 is 1.04 bits per heavy atom. The molecule has 0 aliphatic carbocycles. The molecule has 1 aromatic carbocycles. The van der Waals surface area contributed by atoms with Crippen LogP contribution in [0.15, 0.2) is 69.7 Å². The minimum Gasteiger partial charge on any atom is -0.472 e. The van der Waals surface area contributed by atoms with E-state index in [2.05, 4.69) is 6.92 Å². The van der Waals surface area contributed by atoms with Gasteiger partial charge in [0, 0.05) is 23.5 Å². The smallest absolute Gasteiger partial charge is 0.243 e. The molecule has 0 fully saturated rings. The van der Waals surface area contributed by atoms with Crippen molar-refractivity contribution < 1.29 is 12.8 Å². The van der Waals surface area contributed by atoms with Crippen LogP contribution >= 0.6 is 11.3 Å². The lowest BCUT2D eigenvalue weighted by Gasteiger charge is -2.21. The number of nitrogens with zero attached hydrogens (tertiary/aromatic N) is 1. The lowest BCUT2D eigenvalue weighted by atomic mass is 10.1. The van der Waals surface area contributed by atoms with Gasteiger partial charge in [-0.15, -0.1) is 11.3 Å². The molecule has 2 heterocycles. The van der Waals surface area contributed by atoms with Crippen molar-refractivity contribution in [1.29, 1.82) is 0 Å². The van der Waals surface area contributed by atoms with Gasteiger partial charge in [-0.25, -0.2) is 8.42 Å². The Balaban J connectivity index is 1.82. The summed E-state index contributed by atoms with van der Waals surface area (Å²) >= 11 is 1.65. The largest absolute Gasteiger partial charge is 0.472 e. The molecule has 0 aliphatic heterocycles. The van der Waals surface area contributed by atoms with Crippen LogP contribution in [-0.2, 0) is 29.4 Å². The van der Waals surface area contributed by atoms with Gasteiger partial charge in [0.1, 0.15) is 0 Å². The fourth-order valence-electron chi connectivity index (χ4n) is 2.83. The summed E-state index contributed by atoms with van der Waals surface area (Å²) in [5.41, 5.74) is 2.01. The number of sulfonamides is 1. The fourth-order valence-corrected chi connectivity index (χ4v) is 4.95. The molecule has 4 nitrogen and oxygen atoms in total. The second-order valence-electron chi connectivity index (χ2n) is 6.19. The van der Waals surface area contributed by atoms with Crippen molar-refractivity contribution in [2.24, 2.45) is 0 Å². The first-order valence-electron chi connectivity index (χ1n) is 8.72. The highest BCUT2D eigenvalue weighted by molar-refractivity contribution is 7.89. The molecule has 0 saturated carbocycles. The maximum atomic E-state index is 13.2. The Bertz CT molecular complexity index is 883. The van der Waals surface area contributed by atoms with Crippen molar-refractivity contribution in [3.63, 3.8) is 0 Å². The number of rotatable bonds is 9. The summed E-state index contributed by atoms with van der Waals surface area (Å²) in [5, 5.41) is 2.01. The molecule has 0 atom stereocenters. The van der Waals surface area contributed by atoms with Gasteiger partial charge >= 0.3 is 0 Å². The quantitative estimate of drug-likeness (QED) is 0.532. The second-order valence-corrected chi connectivity index (χ2v) is 9.16. The number of furan rings is 1. The molecule has 0 amide bonds. The first-order chi connectivity index (χ1) is 12.6. The van der Waals surface area contributed by atoms with Crippen LogP contribution in [0.3, 0.4) is 0 Å². The fraction of sp³-hybridized carbons (Fsp3) is 0.300. The molecule has 6 heteroatoms. The normalized spacial score (nSPS) is 11.9. The Kier molecular flexibility index (Phi) is 6.29. The molecule has 0 saturated heterocycles. The van der Waals surface area contributed by atoms with Crippen LogP contribution < -0.4 is 0 Å². The third-order valence-corrected chi connectivity index (χ3v) is 7.02. The molecule has 0 N–H and O–H groups in total. The topological polar surface area (TPSA) is 50.5 Å². The number of hydrogen-bond donors (Lipinski definition) is 0. The van der Waals surface area contributed by atoms with Gasteiger partial charge in [-0.2, -0.15) is 4.31 Å². The highest BCUT2D eigenvalue weighted by Gasteiger charge is 2.25. The summed E-state index contributed by atoms with van der Waals surface area (Å²) in [4.78, 5) is 1.52. The van der Waals surface area contributed by atoms with Gasteiger partial charge in [0.15, 0.2) is 0 Å². The zero-order chi connectivity index (χ0) is 18.4. The van der Waals surface area contributed by atoms with Crippen molar-refractivity contribution in [2.75, 3.05) is 6.54 Å². The molecule has 138 valence electrons. The van der Waals surface area contributed by atoms with Crippen molar-refractivity contribution in [1.82, 2.24) is 4.31 Å². The Morgan fingerprint density at radius 3 is 2.46 bits per heavy atom. The highest BCUT2D eigenvalue weighted by atomic mass is 32.2. The molecule has 26 heavy (non-hydrogen) atoms. The van der Waals surface area contributed by atoms with Crippen molar-refractivity contribution in [3.8, 4) is 0 Å². The van der Waals surface area contributed by atoms with Crippen molar-refractivity contribution in [3.05, 3.63) is 76.4 Å². The van der Waals surface area contributed by atoms with Crippen LogP contribution in [0, 0.1) is 0 Å². The standard InChI is InChI=1S/C20H23NO3S2/c1-2-4-17-6-8-20(9-7-17)26(22,23)21(15-18-11-13-24-16-18)12-10-19-5-3-14-25-19/h3,5-9,11,13-14,16H,2,4,10,12,15H2,1H3. The third kappa shape index (κ3) is 4.63. The zero-order valence-corrected chi connectivity index (χ0v) is 16.4. The highest BCUT2D eigenvalue weighted by Crippen LogP contribution is 2.21. The molecule has 2 aromatic heterocycles. The molecule has 0 aliphatic rings. The number of hydrogen-bond acceptors (Lipinski definition) is 4. The van der Waals surface area contributed by atoms with Gasteiger partial charge in [0.25, 0.3) is 0 Å². The second kappa shape index (κ2) is 8.66. The number of thiophene rings is 1. The Labute approximate surface area is 159 Å². The average Bonchev–Trinajstić information content (AvgIpc) is 3.33. The monoisotopic (exact) mass is 389 g/mol. The molecular weight excluding hydrogens is 366 g/mol. The molecular formula is C20H23NO3S2. The van der Waals surface area contributed by atoms with E-state index in [1.165, 1.54) is 9.18 Å². The lowest BCUT2D eigenvalue weighted by molar-refractivity contribution is 0.408. The average molecular weight is 390 g/mol. The first-order valence-corrected chi connectivity index (χ1v) is 11.0. The maximum Gasteiger partial charge on any atom is 0.243 e. The van der Waals surface area contributed by atoms with E-state index in [9.17, 15) is 8.42 Å².